The van der Waals surface area contributed by atoms with Gasteiger partial charge in [0.1, 0.15) is 17.5 Å². The Morgan fingerprint density at radius 3 is 2.60 bits per heavy atom. The molecule has 0 aliphatic rings. The van der Waals surface area contributed by atoms with Crippen LogP contribution in [0.15, 0.2) is 36.3 Å². The van der Waals surface area contributed by atoms with E-state index in [4.69, 9.17) is 11.2 Å². The number of nitrogen functional groups attached to an aromatic ring is 1. The van der Waals surface area contributed by atoms with Gasteiger partial charge in [0.15, 0.2) is 0 Å². The first-order chi connectivity index (χ1) is 11.1. The van der Waals surface area contributed by atoms with Crippen LogP contribution in [0.2, 0.25) is 0 Å². The number of amides is 1. The van der Waals surface area contributed by atoms with Gasteiger partial charge >= 0.3 is 0 Å². The highest BCUT2D eigenvalue weighted by molar-refractivity contribution is 5.91. The standard InChI is InChI=1S/C14H15FN4O/c1-9(20)17-12-7-8-13(18-14(12)16)19(2)11-5-3-10(15)4-6-11/h3-8H,1-2H3,(H2,16,18)(H,17,20)/i3D,4D,5D,6D. The number of halogens is 1. The lowest BCUT2D eigenvalue weighted by Crippen LogP contribution is -2.14. The fraction of sp³-hybridized carbons (Fsp3) is 0.143. The molecule has 104 valence electrons. The van der Waals surface area contributed by atoms with Crippen LogP contribution in [0.5, 0.6) is 0 Å². The number of anilines is 4. The number of nitrogens with one attached hydrogen (secondary N) is 1. The van der Waals surface area contributed by atoms with Crippen LogP contribution in [-0.4, -0.2) is 17.9 Å². The molecule has 0 saturated heterocycles. The minimum absolute atomic E-state index is 0.0203. The molecule has 0 aliphatic carbocycles. The Morgan fingerprint density at radius 1 is 1.40 bits per heavy atom. The van der Waals surface area contributed by atoms with Crippen molar-refractivity contribution in [1.82, 2.24) is 4.98 Å². The number of pyridine rings is 1. The molecule has 5 nitrogen and oxygen atoms in total. The molecule has 0 radical (unpaired) electrons. The maximum absolute atomic E-state index is 13.6. The number of carbonyl (C=O) groups is 1. The Morgan fingerprint density at radius 2 is 2.05 bits per heavy atom. The van der Waals surface area contributed by atoms with Crippen molar-refractivity contribution in [1.29, 1.82) is 0 Å². The topological polar surface area (TPSA) is 71.2 Å². The van der Waals surface area contributed by atoms with Crippen LogP contribution in [0.3, 0.4) is 0 Å². The van der Waals surface area contributed by atoms with Crippen molar-refractivity contribution in [2.24, 2.45) is 0 Å². The van der Waals surface area contributed by atoms with Gasteiger partial charge in [0, 0.05) is 19.7 Å². The summed E-state index contributed by atoms with van der Waals surface area (Å²) in [5.74, 6) is -1.29. The van der Waals surface area contributed by atoms with Crippen LogP contribution in [0.4, 0.5) is 27.4 Å². The number of hydrogen-bond acceptors (Lipinski definition) is 4. The largest absolute Gasteiger partial charge is 0.382 e. The smallest absolute Gasteiger partial charge is 0.221 e. The Labute approximate surface area is 121 Å². The molecule has 2 aromatic rings. The van der Waals surface area contributed by atoms with Crippen molar-refractivity contribution in [2.75, 3.05) is 23.0 Å². The molecule has 0 aliphatic heterocycles. The summed E-state index contributed by atoms with van der Waals surface area (Å²) in [6, 6.07) is 0.401. The fourth-order valence-corrected chi connectivity index (χ4v) is 1.52. The fourth-order valence-electron chi connectivity index (χ4n) is 1.52. The maximum Gasteiger partial charge on any atom is 0.221 e. The van der Waals surface area contributed by atoms with Gasteiger partial charge in [0.25, 0.3) is 0 Å². The van der Waals surface area contributed by atoms with Crippen LogP contribution in [0.25, 0.3) is 0 Å². The van der Waals surface area contributed by atoms with Gasteiger partial charge in [-0.2, -0.15) is 0 Å². The zero-order valence-electron chi connectivity index (χ0n) is 14.9. The van der Waals surface area contributed by atoms with Gasteiger partial charge in [-0.1, -0.05) is 0 Å². The Hall–Kier alpha value is -2.63. The normalized spacial score (nSPS) is 12.9. The summed E-state index contributed by atoms with van der Waals surface area (Å²) in [6.45, 7) is 1.32. The number of carbonyl (C=O) groups excluding carboxylic acids is 1. The molecular formula is C14H15FN4O. The Kier molecular flexibility index (Phi) is 2.59. The predicted molar refractivity (Wildman–Crippen MR) is 77.4 cm³/mol. The molecule has 3 N–H and O–H groups in total. The lowest BCUT2D eigenvalue weighted by molar-refractivity contribution is -0.114. The average molecular weight is 278 g/mol. The third kappa shape index (κ3) is 3.03. The molecule has 0 spiro atoms. The third-order valence-corrected chi connectivity index (χ3v) is 2.48. The maximum atomic E-state index is 13.6. The zero-order valence-corrected chi connectivity index (χ0v) is 10.9. The number of hydrogen-bond donors (Lipinski definition) is 2. The van der Waals surface area contributed by atoms with E-state index in [0.717, 1.165) is 0 Å². The summed E-state index contributed by atoms with van der Waals surface area (Å²) in [5.41, 5.74) is 5.94. The lowest BCUT2D eigenvalue weighted by atomic mass is 10.2. The molecular weight excluding hydrogens is 259 g/mol. The summed E-state index contributed by atoms with van der Waals surface area (Å²) in [5, 5.41) is 2.50. The van der Waals surface area contributed by atoms with Crippen LogP contribution in [0, 0.1) is 5.82 Å². The van der Waals surface area contributed by atoms with E-state index in [1.807, 2.05) is 0 Å². The highest BCUT2D eigenvalue weighted by Gasteiger charge is 2.09. The van der Waals surface area contributed by atoms with E-state index in [-0.39, 0.29) is 23.2 Å². The number of aromatic nitrogens is 1. The molecule has 1 heterocycles. The van der Waals surface area contributed by atoms with Crippen LogP contribution < -0.4 is 16.0 Å². The van der Waals surface area contributed by atoms with Gasteiger partial charge in [-0.25, -0.2) is 9.37 Å². The van der Waals surface area contributed by atoms with Gasteiger partial charge in [-0.15, -0.1) is 0 Å². The summed E-state index contributed by atoms with van der Waals surface area (Å²) < 4.78 is 44.4. The molecule has 1 aromatic heterocycles. The highest BCUT2D eigenvalue weighted by Crippen LogP contribution is 2.25. The number of nitrogens with two attached hydrogens (primary N) is 1. The van der Waals surface area contributed by atoms with Crippen molar-refractivity contribution in [3.8, 4) is 0 Å². The van der Waals surface area contributed by atoms with Gasteiger partial charge in [-0.05, 0) is 36.3 Å². The van der Waals surface area contributed by atoms with Crippen molar-refractivity contribution in [3.05, 3.63) is 42.1 Å². The lowest BCUT2D eigenvalue weighted by Gasteiger charge is -2.19. The van der Waals surface area contributed by atoms with E-state index >= 15 is 0 Å². The minimum Gasteiger partial charge on any atom is -0.382 e. The first kappa shape index (κ1) is 9.30. The van der Waals surface area contributed by atoms with E-state index in [0.29, 0.717) is 5.69 Å². The molecule has 1 amide bonds. The van der Waals surface area contributed by atoms with Crippen LogP contribution in [0.1, 0.15) is 12.4 Å². The van der Waals surface area contributed by atoms with Crippen LogP contribution in [-0.2, 0) is 4.79 Å². The van der Waals surface area contributed by atoms with Gasteiger partial charge < -0.3 is 16.0 Å². The second-order valence-electron chi connectivity index (χ2n) is 4.01. The summed E-state index contributed by atoms with van der Waals surface area (Å²) >= 11 is 0. The van der Waals surface area contributed by atoms with Crippen molar-refractivity contribution >= 4 is 28.9 Å². The molecule has 20 heavy (non-hydrogen) atoms. The molecule has 2 rings (SSSR count). The third-order valence-electron chi connectivity index (χ3n) is 2.48. The number of rotatable bonds is 3. The van der Waals surface area contributed by atoms with Crippen molar-refractivity contribution in [3.63, 3.8) is 0 Å². The Balaban J connectivity index is 2.52. The predicted octanol–water partition coefficient (Wildman–Crippen LogP) is 2.53. The van der Waals surface area contributed by atoms with Gasteiger partial charge in [0.2, 0.25) is 5.91 Å². The van der Waals surface area contributed by atoms with E-state index < -0.39 is 30.0 Å². The molecule has 1 aromatic carbocycles. The molecule has 0 atom stereocenters. The molecule has 0 fully saturated rings. The summed E-state index contributed by atoms with van der Waals surface area (Å²) in [6.07, 6.45) is 0. The molecule has 0 bridgehead atoms. The van der Waals surface area contributed by atoms with E-state index in [2.05, 4.69) is 10.3 Å². The summed E-state index contributed by atoms with van der Waals surface area (Å²) in [4.78, 5) is 16.4. The van der Waals surface area contributed by atoms with E-state index in [1.165, 1.54) is 31.0 Å². The molecule has 6 heteroatoms. The number of benzene rings is 1. The second-order valence-corrected chi connectivity index (χ2v) is 4.01. The molecule has 0 unspecified atom stereocenters. The SMILES string of the molecule is [2H]c1c([2H])c(N(C)c2ccc(NC(C)=O)c(N)n2)c([2H])c([2H])c1F. The highest BCUT2D eigenvalue weighted by atomic mass is 19.1. The van der Waals surface area contributed by atoms with Gasteiger partial charge in [0.05, 0.1) is 11.2 Å². The minimum atomic E-state index is -1.21. The monoisotopic (exact) mass is 278 g/mol. The van der Waals surface area contributed by atoms with E-state index in [9.17, 15) is 9.18 Å². The summed E-state index contributed by atoms with van der Waals surface area (Å²) in [7, 11) is 1.46. The quantitative estimate of drug-likeness (QED) is 0.905. The van der Waals surface area contributed by atoms with E-state index in [1.54, 1.807) is 0 Å². The first-order valence-corrected chi connectivity index (χ1v) is 5.68. The molecule has 0 saturated carbocycles. The van der Waals surface area contributed by atoms with Crippen LogP contribution >= 0.6 is 0 Å². The zero-order chi connectivity index (χ0) is 18.2. The van der Waals surface area contributed by atoms with Crippen molar-refractivity contribution in [2.45, 2.75) is 6.92 Å². The Bertz CT molecular complexity index is 802. The van der Waals surface area contributed by atoms with Gasteiger partial charge in [-0.3, -0.25) is 4.79 Å². The second kappa shape index (κ2) is 5.56. The number of nitrogens with zero attached hydrogens (tertiary/aromatic N) is 2. The first-order valence-electron chi connectivity index (χ1n) is 7.68. The average Bonchev–Trinajstić information content (AvgIpc) is 2.52. The van der Waals surface area contributed by atoms with Crippen molar-refractivity contribution < 1.29 is 14.7 Å².